The number of amides is 2. The average Bonchev–Trinajstić information content (AvgIpc) is 2.59. The number of carbonyl (C=O) groups excluding carboxylic acids is 2. The van der Waals surface area contributed by atoms with Crippen LogP contribution in [0.1, 0.15) is 20.8 Å². The minimum absolute atomic E-state index is 0.0849. The van der Waals surface area contributed by atoms with Crippen LogP contribution in [0.3, 0.4) is 0 Å². The van der Waals surface area contributed by atoms with Gasteiger partial charge in [0, 0.05) is 18.3 Å². The first-order valence-corrected chi connectivity index (χ1v) is 8.26. The number of carbonyl (C=O) groups is 2. The Labute approximate surface area is 142 Å². The largest absolute Gasteiger partial charge is 0.486 e. The monoisotopic (exact) mass is 335 g/mol. The van der Waals surface area contributed by atoms with Crippen molar-refractivity contribution in [1.82, 2.24) is 10.2 Å². The van der Waals surface area contributed by atoms with Gasteiger partial charge in [0.05, 0.1) is 12.6 Å². The highest BCUT2D eigenvalue weighted by Gasteiger charge is 2.22. The molecule has 1 aromatic rings. The molecule has 0 aliphatic carbocycles. The van der Waals surface area contributed by atoms with E-state index >= 15 is 0 Å². The van der Waals surface area contributed by atoms with Crippen LogP contribution in [0, 0.1) is 0 Å². The fourth-order valence-electron chi connectivity index (χ4n) is 2.49. The van der Waals surface area contributed by atoms with E-state index in [1.165, 1.54) is 0 Å². The van der Waals surface area contributed by atoms with Gasteiger partial charge >= 0.3 is 0 Å². The van der Waals surface area contributed by atoms with Gasteiger partial charge in [0.15, 0.2) is 11.5 Å². The van der Waals surface area contributed by atoms with E-state index in [-0.39, 0.29) is 18.4 Å². The highest BCUT2D eigenvalue weighted by Crippen LogP contribution is 2.32. The van der Waals surface area contributed by atoms with E-state index < -0.39 is 6.04 Å². The lowest BCUT2D eigenvalue weighted by atomic mass is 10.2. The molecule has 2 amide bonds. The summed E-state index contributed by atoms with van der Waals surface area (Å²) >= 11 is 0. The Morgan fingerprint density at radius 2 is 1.92 bits per heavy atom. The van der Waals surface area contributed by atoms with Gasteiger partial charge in [-0.15, -0.1) is 0 Å². The Bertz CT molecular complexity index is 591. The molecule has 0 saturated carbocycles. The normalized spacial score (nSPS) is 14.2. The molecule has 1 aromatic carbocycles. The van der Waals surface area contributed by atoms with Crippen molar-refractivity contribution in [3.8, 4) is 11.5 Å². The molecule has 1 aliphatic rings. The Morgan fingerprint density at radius 1 is 1.21 bits per heavy atom. The number of likely N-dealkylation sites (N-methyl/N-ethyl adjacent to an activating group) is 2. The number of anilines is 1. The zero-order valence-electron chi connectivity index (χ0n) is 14.4. The van der Waals surface area contributed by atoms with E-state index in [0.29, 0.717) is 43.5 Å². The third-order valence-corrected chi connectivity index (χ3v) is 3.86. The van der Waals surface area contributed by atoms with Gasteiger partial charge in [-0.05, 0) is 32.5 Å². The molecule has 2 N–H and O–H groups in total. The summed E-state index contributed by atoms with van der Waals surface area (Å²) in [6.45, 7) is 7.98. The SMILES string of the molecule is CCNC(=O)CN(CC)[C@H](C)C(=O)Nc1ccc2c(c1)OCCO2. The van der Waals surface area contributed by atoms with Crippen molar-refractivity contribution in [1.29, 1.82) is 0 Å². The van der Waals surface area contributed by atoms with E-state index in [9.17, 15) is 9.59 Å². The van der Waals surface area contributed by atoms with Gasteiger partial charge in [-0.2, -0.15) is 0 Å². The van der Waals surface area contributed by atoms with Gasteiger partial charge in [-0.1, -0.05) is 6.92 Å². The number of hydrogen-bond donors (Lipinski definition) is 2. The highest BCUT2D eigenvalue weighted by atomic mass is 16.6. The van der Waals surface area contributed by atoms with Crippen molar-refractivity contribution < 1.29 is 19.1 Å². The molecule has 7 heteroatoms. The molecule has 132 valence electrons. The van der Waals surface area contributed by atoms with Crippen LogP contribution in [-0.2, 0) is 9.59 Å². The van der Waals surface area contributed by atoms with Crippen molar-refractivity contribution in [2.45, 2.75) is 26.8 Å². The average molecular weight is 335 g/mol. The molecule has 1 aliphatic heterocycles. The Kier molecular flexibility index (Phi) is 6.43. The number of hydrogen-bond acceptors (Lipinski definition) is 5. The Morgan fingerprint density at radius 3 is 2.58 bits per heavy atom. The van der Waals surface area contributed by atoms with E-state index in [4.69, 9.17) is 9.47 Å². The molecule has 1 atom stereocenters. The molecule has 0 bridgehead atoms. The Balaban J connectivity index is 1.98. The molecular weight excluding hydrogens is 310 g/mol. The molecule has 0 unspecified atom stereocenters. The van der Waals surface area contributed by atoms with Crippen molar-refractivity contribution in [3.05, 3.63) is 18.2 Å². The van der Waals surface area contributed by atoms with E-state index in [1.807, 2.05) is 18.7 Å². The molecule has 0 aromatic heterocycles. The van der Waals surface area contributed by atoms with Crippen LogP contribution in [0.4, 0.5) is 5.69 Å². The summed E-state index contributed by atoms with van der Waals surface area (Å²) in [6.07, 6.45) is 0. The molecule has 0 fully saturated rings. The smallest absolute Gasteiger partial charge is 0.241 e. The minimum Gasteiger partial charge on any atom is -0.486 e. The topological polar surface area (TPSA) is 79.9 Å². The second-order valence-corrected chi connectivity index (χ2v) is 5.54. The van der Waals surface area contributed by atoms with Crippen LogP contribution >= 0.6 is 0 Å². The van der Waals surface area contributed by atoms with Crippen molar-refractivity contribution in [3.63, 3.8) is 0 Å². The van der Waals surface area contributed by atoms with Crippen LogP contribution in [0.15, 0.2) is 18.2 Å². The van der Waals surface area contributed by atoms with Gasteiger partial charge in [0.2, 0.25) is 11.8 Å². The molecule has 1 heterocycles. The fourth-order valence-corrected chi connectivity index (χ4v) is 2.49. The summed E-state index contributed by atoms with van der Waals surface area (Å²) in [5.74, 6) is 1.05. The van der Waals surface area contributed by atoms with Crippen LogP contribution in [-0.4, -0.2) is 55.6 Å². The van der Waals surface area contributed by atoms with Gasteiger partial charge in [0.1, 0.15) is 13.2 Å². The lowest BCUT2D eigenvalue weighted by Crippen LogP contribution is -2.46. The highest BCUT2D eigenvalue weighted by molar-refractivity contribution is 5.95. The summed E-state index contributed by atoms with van der Waals surface area (Å²) in [5, 5.41) is 5.61. The maximum absolute atomic E-state index is 12.5. The summed E-state index contributed by atoms with van der Waals surface area (Å²) < 4.78 is 11.0. The lowest BCUT2D eigenvalue weighted by molar-refractivity contribution is -0.125. The number of rotatable bonds is 7. The third-order valence-electron chi connectivity index (χ3n) is 3.86. The number of fused-ring (bicyclic) bond motifs is 1. The molecule has 0 saturated heterocycles. The Hall–Kier alpha value is -2.28. The maximum atomic E-state index is 12.5. The lowest BCUT2D eigenvalue weighted by Gasteiger charge is -2.26. The minimum atomic E-state index is -0.425. The van der Waals surface area contributed by atoms with Crippen LogP contribution in [0.25, 0.3) is 0 Å². The fraction of sp³-hybridized carbons (Fsp3) is 0.529. The summed E-state index contributed by atoms with van der Waals surface area (Å²) in [4.78, 5) is 26.0. The maximum Gasteiger partial charge on any atom is 0.241 e. The van der Waals surface area contributed by atoms with Crippen LogP contribution in [0.5, 0.6) is 11.5 Å². The van der Waals surface area contributed by atoms with E-state index in [2.05, 4.69) is 10.6 Å². The van der Waals surface area contributed by atoms with Crippen LogP contribution in [0.2, 0.25) is 0 Å². The number of benzene rings is 1. The summed E-state index contributed by atoms with van der Waals surface area (Å²) in [7, 11) is 0. The second kappa shape index (κ2) is 8.54. The molecule has 0 radical (unpaired) electrons. The number of ether oxygens (including phenoxy) is 2. The van der Waals surface area contributed by atoms with Gasteiger partial charge in [-0.25, -0.2) is 0 Å². The first-order valence-electron chi connectivity index (χ1n) is 8.26. The van der Waals surface area contributed by atoms with Crippen molar-refractivity contribution in [2.24, 2.45) is 0 Å². The summed E-state index contributed by atoms with van der Waals surface area (Å²) in [5.41, 5.74) is 0.644. The second-order valence-electron chi connectivity index (χ2n) is 5.54. The van der Waals surface area contributed by atoms with E-state index in [1.54, 1.807) is 25.1 Å². The molecule has 0 spiro atoms. The van der Waals surface area contributed by atoms with Crippen molar-refractivity contribution in [2.75, 3.05) is 38.2 Å². The van der Waals surface area contributed by atoms with Crippen LogP contribution < -0.4 is 20.1 Å². The number of nitrogens with one attached hydrogen (secondary N) is 2. The first kappa shape index (κ1) is 18.1. The summed E-state index contributed by atoms with van der Waals surface area (Å²) in [6, 6.07) is 4.88. The van der Waals surface area contributed by atoms with Gasteiger partial charge in [-0.3, -0.25) is 14.5 Å². The predicted octanol–water partition coefficient (Wildman–Crippen LogP) is 1.24. The molecule has 24 heavy (non-hydrogen) atoms. The van der Waals surface area contributed by atoms with Gasteiger partial charge in [0.25, 0.3) is 0 Å². The zero-order chi connectivity index (χ0) is 17.5. The van der Waals surface area contributed by atoms with Crippen molar-refractivity contribution >= 4 is 17.5 Å². The zero-order valence-corrected chi connectivity index (χ0v) is 14.4. The van der Waals surface area contributed by atoms with E-state index in [0.717, 1.165) is 0 Å². The predicted molar refractivity (Wildman–Crippen MR) is 91.5 cm³/mol. The quantitative estimate of drug-likeness (QED) is 0.784. The van der Waals surface area contributed by atoms with Gasteiger partial charge < -0.3 is 20.1 Å². The molecular formula is C17H25N3O4. The number of nitrogens with zero attached hydrogens (tertiary/aromatic N) is 1. The molecule has 7 nitrogen and oxygen atoms in total. The molecule has 2 rings (SSSR count). The third kappa shape index (κ3) is 4.61. The first-order chi connectivity index (χ1) is 11.5. The standard InChI is InChI=1S/C17H25N3O4/c1-4-18-16(21)11-20(5-2)12(3)17(22)19-13-6-7-14-15(10-13)24-9-8-23-14/h6-7,10,12H,4-5,8-9,11H2,1-3H3,(H,18,21)(H,19,22)/t12-/m1/s1.